The van der Waals surface area contributed by atoms with Crippen molar-refractivity contribution in [1.29, 1.82) is 0 Å². The van der Waals surface area contributed by atoms with Gasteiger partial charge in [-0.3, -0.25) is 23.7 Å². The quantitative estimate of drug-likeness (QED) is 0.475. The summed E-state index contributed by atoms with van der Waals surface area (Å²) in [4.78, 5) is 54.6. The molecule has 1 aliphatic rings. The van der Waals surface area contributed by atoms with E-state index in [1.165, 1.54) is 31.5 Å². The van der Waals surface area contributed by atoms with E-state index >= 15 is 0 Å². The highest BCUT2D eigenvalue weighted by molar-refractivity contribution is 7.16. The lowest BCUT2D eigenvalue weighted by atomic mass is 9.99. The standard InChI is InChI=1S/C17H20N4O8S/c1-7(22)26-5-10-11(6-27-8(2)23)29-15(13(10)28-9(3)24)21-14-12(30-17(21)25)4-19-16(18)20-14/h4,10-11,13,15H,5-6H2,1-3H3,(H2,18,19,20)/t10-,11-,13-,15-/m1/s1. The maximum Gasteiger partial charge on any atom is 0.311 e. The number of esters is 3. The van der Waals surface area contributed by atoms with Crippen molar-refractivity contribution in [2.75, 3.05) is 18.9 Å². The second-order valence-electron chi connectivity index (χ2n) is 6.56. The molecule has 1 aliphatic heterocycles. The third-order valence-corrected chi connectivity index (χ3v) is 5.24. The fourth-order valence-electron chi connectivity index (χ4n) is 3.18. The Morgan fingerprint density at radius 3 is 2.47 bits per heavy atom. The molecule has 12 nitrogen and oxygen atoms in total. The molecule has 162 valence electrons. The van der Waals surface area contributed by atoms with Crippen LogP contribution in [0.5, 0.6) is 0 Å². The molecule has 2 N–H and O–H groups in total. The first-order valence-electron chi connectivity index (χ1n) is 8.90. The van der Waals surface area contributed by atoms with Crippen LogP contribution < -0.4 is 10.6 Å². The van der Waals surface area contributed by atoms with Gasteiger partial charge in [0.1, 0.15) is 19.3 Å². The second-order valence-corrected chi connectivity index (χ2v) is 7.56. The molecule has 0 saturated carbocycles. The first kappa shape index (κ1) is 21.6. The number of hydrogen-bond acceptors (Lipinski definition) is 12. The number of thiazole rings is 1. The van der Waals surface area contributed by atoms with Crippen molar-refractivity contribution in [2.45, 2.75) is 39.2 Å². The lowest BCUT2D eigenvalue weighted by Crippen LogP contribution is -2.37. The second kappa shape index (κ2) is 8.75. The third-order valence-electron chi connectivity index (χ3n) is 4.36. The van der Waals surface area contributed by atoms with Gasteiger partial charge in [0.05, 0.1) is 16.8 Å². The molecule has 1 saturated heterocycles. The number of anilines is 1. The lowest BCUT2D eigenvalue weighted by molar-refractivity contribution is -0.155. The molecule has 13 heteroatoms. The van der Waals surface area contributed by atoms with Gasteiger partial charge in [-0.25, -0.2) is 4.98 Å². The fourth-order valence-corrected chi connectivity index (χ4v) is 3.99. The fraction of sp³-hybridized carbons (Fsp3) is 0.529. The highest BCUT2D eigenvalue weighted by Crippen LogP contribution is 2.38. The smallest absolute Gasteiger partial charge is 0.311 e. The maximum absolute atomic E-state index is 12.7. The molecule has 2 aromatic heterocycles. The van der Waals surface area contributed by atoms with Gasteiger partial charge in [0.25, 0.3) is 0 Å². The van der Waals surface area contributed by atoms with E-state index in [1.807, 2.05) is 0 Å². The molecule has 0 aliphatic carbocycles. The molecule has 0 amide bonds. The van der Waals surface area contributed by atoms with Crippen molar-refractivity contribution in [3.8, 4) is 0 Å². The summed E-state index contributed by atoms with van der Waals surface area (Å²) >= 11 is 0.870. The van der Waals surface area contributed by atoms with Gasteiger partial charge >= 0.3 is 22.8 Å². The number of carbonyl (C=O) groups excluding carboxylic acids is 3. The topological polar surface area (TPSA) is 162 Å². The third kappa shape index (κ3) is 4.57. The molecule has 0 radical (unpaired) electrons. The monoisotopic (exact) mass is 440 g/mol. The average molecular weight is 440 g/mol. The number of hydrogen-bond donors (Lipinski definition) is 1. The van der Waals surface area contributed by atoms with Gasteiger partial charge < -0.3 is 24.7 Å². The van der Waals surface area contributed by atoms with Crippen molar-refractivity contribution < 1.29 is 33.3 Å². The maximum atomic E-state index is 12.7. The molecule has 2 aromatic rings. The molecular formula is C17H20N4O8S. The van der Waals surface area contributed by atoms with Crippen LogP contribution in [0.4, 0.5) is 5.95 Å². The predicted molar refractivity (Wildman–Crippen MR) is 102 cm³/mol. The number of nitrogens with two attached hydrogens (primary N) is 1. The van der Waals surface area contributed by atoms with E-state index in [0.29, 0.717) is 4.70 Å². The molecule has 0 spiro atoms. The van der Waals surface area contributed by atoms with E-state index in [-0.39, 0.29) is 24.8 Å². The Bertz CT molecular complexity index is 1030. The Hall–Kier alpha value is -3.06. The summed E-state index contributed by atoms with van der Waals surface area (Å²) in [5.74, 6) is -2.48. The van der Waals surface area contributed by atoms with E-state index in [1.54, 1.807) is 0 Å². The van der Waals surface area contributed by atoms with Gasteiger partial charge in [-0.2, -0.15) is 4.98 Å². The number of nitrogen functional groups attached to an aromatic ring is 1. The molecule has 3 rings (SSSR count). The van der Waals surface area contributed by atoms with Crippen LogP contribution in [0.1, 0.15) is 27.0 Å². The van der Waals surface area contributed by atoms with Gasteiger partial charge in [0.15, 0.2) is 18.0 Å². The van der Waals surface area contributed by atoms with Crippen molar-refractivity contribution in [1.82, 2.24) is 14.5 Å². The molecule has 0 bridgehead atoms. The Kier molecular flexibility index (Phi) is 6.31. The highest BCUT2D eigenvalue weighted by Gasteiger charge is 2.49. The molecule has 4 atom stereocenters. The number of nitrogens with zero attached hydrogens (tertiary/aromatic N) is 3. The molecule has 1 fully saturated rings. The van der Waals surface area contributed by atoms with Crippen molar-refractivity contribution in [2.24, 2.45) is 5.92 Å². The van der Waals surface area contributed by atoms with Crippen LogP contribution in [0.3, 0.4) is 0 Å². The zero-order valence-electron chi connectivity index (χ0n) is 16.4. The van der Waals surface area contributed by atoms with Gasteiger partial charge in [-0.15, -0.1) is 0 Å². The summed E-state index contributed by atoms with van der Waals surface area (Å²) in [7, 11) is 0. The van der Waals surface area contributed by atoms with Crippen LogP contribution in [0.2, 0.25) is 0 Å². The minimum atomic E-state index is -1.11. The van der Waals surface area contributed by atoms with E-state index in [4.69, 9.17) is 24.7 Å². The number of ether oxygens (including phenoxy) is 4. The first-order valence-corrected chi connectivity index (χ1v) is 9.72. The van der Waals surface area contributed by atoms with Crippen LogP contribution in [0, 0.1) is 5.92 Å². The summed E-state index contributed by atoms with van der Waals surface area (Å²) in [5, 5.41) is 0. The number of carbonyl (C=O) groups is 3. The van der Waals surface area contributed by atoms with Crippen molar-refractivity contribution in [3.05, 3.63) is 15.9 Å². The number of fused-ring (bicyclic) bond motifs is 1. The Morgan fingerprint density at radius 2 is 1.83 bits per heavy atom. The molecule has 3 heterocycles. The van der Waals surface area contributed by atoms with Gasteiger partial charge in [0, 0.05) is 20.8 Å². The van der Waals surface area contributed by atoms with Crippen LogP contribution in [-0.2, 0) is 33.3 Å². The minimum absolute atomic E-state index is 0.0518. The summed E-state index contributed by atoms with van der Waals surface area (Å²) in [6.07, 6.45) is -1.54. The highest BCUT2D eigenvalue weighted by atomic mass is 32.1. The van der Waals surface area contributed by atoms with Crippen molar-refractivity contribution in [3.63, 3.8) is 0 Å². The minimum Gasteiger partial charge on any atom is -0.465 e. The zero-order valence-corrected chi connectivity index (χ0v) is 17.2. The normalized spacial score (nSPS) is 23.3. The van der Waals surface area contributed by atoms with E-state index in [2.05, 4.69) is 9.97 Å². The number of aromatic nitrogens is 3. The summed E-state index contributed by atoms with van der Waals surface area (Å²) < 4.78 is 23.2. The summed E-state index contributed by atoms with van der Waals surface area (Å²) in [6.45, 7) is 3.29. The predicted octanol–water partition coefficient (Wildman–Crippen LogP) is 0.00670. The van der Waals surface area contributed by atoms with Crippen molar-refractivity contribution >= 4 is 45.5 Å². The Morgan fingerprint density at radius 1 is 1.17 bits per heavy atom. The molecule has 30 heavy (non-hydrogen) atoms. The van der Waals surface area contributed by atoms with Crippen LogP contribution in [0.15, 0.2) is 11.0 Å². The molecular weight excluding hydrogens is 420 g/mol. The first-order chi connectivity index (χ1) is 14.2. The number of rotatable bonds is 6. The largest absolute Gasteiger partial charge is 0.465 e. The molecule has 0 aromatic carbocycles. The lowest BCUT2D eigenvalue weighted by Gasteiger charge is -2.23. The molecule has 0 unspecified atom stereocenters. The van der Waals surface area contributed by atoms with Gasteiger partial charge in [0.2, 0.25) is 5.95 Å². The van der Waals surface area contributed by atoms with Crippen LogP contribution >= 0.6 is 11.3 Å². The summed E-state index contributed by atoms with van der Waals surface area (Å²) in [6, 6.07) is 0. The Labute approximate surface area is 173 Å². The van der Waals surface area contributed by atoms with E-state index in [0.717, 1.165) is 11.3 Å². The Balaban J connectivity index is 2.05. The van der Waals surface area contributed by atoms with E-state index < -0.39 is 47.1 Å². The van der Waals surface area contributed by atoms with Gasteiger partial charge in [-0.1, -0.05) is 11.3 Å². The summed E-state index contributed by atoms with van der Waals surface area (Å²) in [5.41, 5.74) is 5.87. The van der Waals surface area contributed by atoms with E-state index in [9.17, 15) is 19.2 Å². The van der Waals surface area contributed by atoms with Crippen LogP contribution in [-0.4, -0.2) is 57.9 Å². The average Bonchev–Trinajstić information content (AvgIpc) is 3.13. The van der Waals surface area contributed by atoms with Crippen LogP contribution in [0.25, 0.3) is 10.3 Å². The zero-order chi connectivity index (χ0) is 22.0. The SMILES string of the molecule is CC(=O)OC[C@H]1[C@@H](OC(C)=O)[C@H](n2c(=O)sc3cnc(N)nc32)O[C@@H]1COC(C)=O. The van der Waals surface area contributed by atoms with Gasteiger partial charge in [-0.05, 0) is 0 Å².